The Morgan fingerprint density at radius 2 is 1.79 bits per heavy atom. The number of aromatic nitrogens is 2. The number of rotatable bonds is 7. The zero-order valence-corrected chi connectivity index (χ0v) is 21.1. The van der Waals surface area contributed by atoms with Crippen LogP contribution >= 0.6 is 0 Å². The van der Waals surface area contributed by atoms with Crippen molar-refractivity contribution < 1.29 is 19.8 Å². The number of nitrogens with zero attached hydrogens (tertiary/aromatic N) is 5. The molecule has 1 unspecified atom stereocenters. The highest BCUT2D eigenvalue weighted by molar-refractivity contribution is 5.89. The Morgan fingerprint density at radius 1 is 1.11 bits per heavy atom. The molecule has 3 fully saturated rings. The third-order valence-electron chi connectivity index (χ3n) is 7.75. The summed E-state index contributed by atoms with van der Waals surface area (Å²) in [6.07, 6.45) is 2.45. The number of piperazine rings is 1. The van der Waals surface area contributed by atoms with Crippen LogP contribution in [0.25, 0.3) is 5.69 Å². The maximum atomic E-state index is 12.8. The summed E-state index contributed by atoms with van der Waals surface area (Å²) in [7, 11) is 0. The van der Waals surface area contributed by atoms with Crippen LogP contribution in [0.5, 0.6) is 0 Å². The van der Waals surface area contributed by atoms with Crippen LogP contribution < -0.4 is 22.5 Å². The number of benzene rings is 1. The molecule has 3 heterocycles. The summed E-state index contributed by atoms with van der Waals surface area (Å²) < 4.78 is 1.43. The molecule has 204 valence electrons. The fourth-order valence-electron chi connectivity index (χ4n) is 5.30. The Kier molecular flexibility index (Phi) is 7.20. The van der Waals surface area contributed by atoms with Gasteiger partial charge in [-0.1, -0.05) is 12.1 Å². The first-order valence-corrected chi connectivity index (χ1v) is 12.8. The molecule has 0 bridgehead atoms. The summed E-state index contributed by atoms with van der Waals surface area (Å²) in [5.41, 5.74) is 10.4. The van der Waals surface area contributed by atoms with Crippen molar-refractivity contribution in [1.82, 2.24) is 24.3 Å². The van der Waals surface area contributed by atoms with E-state index in [4.69, 9.17) is 16.6 Å². The second kappa shape index (κ2) is 10.4. The van der Waals surface area contributed by atoms with Crippen LogP contribution in [-0.2, 0) is 11.2 Å². The number of nitrogens with two attached hydrogens (primary N) is 2. The maximum Gasteiger partial charge on any atom is 0.354 e. The number of carbonyl (C=O) groups excluding carboxylic acids is 2. The second-order valence-electron chi connectivity index (χ2n) is 10.3. The number of aliphatic hydroxyl groups excluding tert-OH is 1. The highest BCUT2D eigenvalue weighted by Crippen LogP contribution is 2.43. The summed E-state index contributed by atoms with van der Waals surface area (Å²) >= 11 is 0. The molecule has 0 radical (unpaired) electrons. The maximum absolute atomic E-state index is 12.8. The normalized spacial score (nSPS) is 24.6. The second-order valence-corrected chi connectivity index (χ2v) is 10.3. The van der Waals surface area contributed by atoms with Crippen molar-refractivity contribution >= 4 is 17.8 Å². The van der Waals surface area contributed by atoms with Crippen LogP contribution in [0.1, 0.15) is 5.56 Å². The number of urea groups is 1. The van der Waals surface area contributed by atoms with Gasteiger partial charge in [0.25, 0.3) is 5.91 Å². The van der Waals surface area contributed by atoms with Gasteiger partial charge in [-0.2, -0.15) is 4.98 Å². The van der Waals surface area contributed by atoms with Crippen molar-refractivity contribution in [2.75, 3.05) is 57.7 Å². The topological polar surface area (TPSA) is 183 Å². The first kappa shape index (κ1) is 26.3. The molecule has 1 aromatic heterocycles. The Hall–Kier alpha value is -3.36. The molecule has 13 heteroatoms. The number of piperidine rings is 1. The van der Waals surface area contributed by atoms with E-state index in [2.05, 4.69) is 15.2 Å². The molecule has 2 aliphatic heterocycles. The van der Waals surface area contributed by atoms with Crippen LogP contribution in [0.15, 0.2) is 41.3 Å². The number of amides is 3. The number of carbonyl (C=O) groups is 2. The molecule has 0 spiro atoms. The molecular formula is C25H34N8O5. The minimum Gasteiger partial charge on any atom is -0.391 e. The third kappa shape index (κ3) is 5.42. The lowest BCUT2D eigenvalue weighted by Gasteiger charge is -2.37. The molecule has 3 aliphatic rings. The van der Waals surface area contributed by atoms with Gasteiger partial charge in [-0.15, -0.1) is 0 Å². The van der Waals surface area contributed by atoms with Crippen molar-refractivity contribution in [3.8, 4) is 5.69 Å². The van der Waals surface area contributed by atoms with Crippen LogP contribution in [-0.4, -0.2) is 111 Å². The lowest BCUT2D eigenvalue weighted by molar-refractivity contribution is -0.156. The van der Waals surface area contributed by atoms with E-state index < -0.39 is 30.0 Å². The molecule has 38 heavy (non-hydrogen) atoms. The van der Waals surface area contributed by atoms with Crippen molar-refractivity contribution in [1.29, 1.82) is 0 Å². The van der Waals surface area contributed by atoms with Gasteiger partial charge in [-0.05, 0) is 42.0 Å². The molecule has 2 saturated heterocycles. The zero-order chi connectivity index (χ0) is 27.0. The average Bonchev–Trinajstić information content (AvgIpc) is 3.30. The van der Waals surface area contributed by atoms with E-state index in [0.29, 0.717) is 23.6 Å². The van der Waals surface area contributed by atoms with Gasteiger partial charge in [0.05, 0.1) is 12.3 Å². The monoisotopic (exact) mass is 526 g/mol. The Bertz CT molecular complexity index is 1250. The van der Waals surface area contributed by atoms with Gasteiger partial charge in [-0.3, -0.25) is 20.4 Å². The van der Waals surface area contributed by atoms with Gasteiger partial charge in [0, 0.05) is 58.1 Å². The number of likely N-dealkylation sites (tertiary alicyclic amines) is 1. The van der Waals surface area contributed by atoms with Crippen molar-refractivity contribution in [2.45, 2.75) is 18.2 Å². The predicted molar refractivity (Wildman–Crippen MR) is 138 cm³/mol. The molecule has 1 aromatic carbocycles. The van der Waals surface area contributed by atoms with Crippen molar-refractivity contribution in [3.05, 3.63) is 52.6 Å². The van der Waals surface area contributed by atoms with Gasteiger partial charge in [-0.25, -0.2) is 9.59 Å². The van der Waals surface area contributed by atoms with E-state index in [1.54, 1.807) is 12.3 Å². The highest BCUT2D eigenvalue weighted by Gasteiger charge is 2.53. The fourth-order valence-corrected chi connectivity index (χ4v) is 5.30. The lowest BCUT2D eigenvalue weighted by Crippen LogP contribution is -2.62. The first-order chi connectivity index (χ1) is 18.2. The molecule has 7 N–H and O–H groups in total. The zero-order valence-electron chi connectivity index (χ0n) is 21.1. The number of aliphatic hydroxyl groups is 2. The smallest absolute Gasteiger partial charge is 0.354 e. The minimum atomic E-state index is -2.35. The fraction of sp³-hybridized carbons (Fsp3) is 0.520. The number of hydrogen-bond acceptors (Lipinski definition) is 9. The molecule has 1 saturated carbocycles. The summed E-state index contributed by atoms with van der Waals surface area (Å²) in [4.78, 5) is 46.8. The first-order valence-electron chi connectivity index (χ1n) is 12.8. The van der Waals surface area contributed by atoms with Gasteiger partial charge in [0.2, 0.25) is 5.72 Å². The van der Waals surface area contributed by atoms with E-state index >= 15 is 0 Å². The molecule has 4 atom stereocenters. The van der Waals surface area contributed by atoms with E-state index in [0.717, 1.165) is 31.6 Å². The van der Waals surface area contributed by atoms with E-state index in [1.165, 1.54) is 14.4 Å². The number of anilines is 1. The third-order valence-corrected chi connectivity index (χ3v) is 7.75. The quantitative estimate of drug-likeness (QED) is 0.254. The predicted octanol–water partition coefficient (Wildman–Crippen LogP) is -2.02. The Morgan fingerprint density at radius 3 is 2.45 bits per heavy atom. The van der Waals surface area contributed by atoms with Crippen molar-refractivity contribution in [2.24, 2.45) is 23.3 Å². The van der Waals surface area contributed by atoms with Gasteiger partial charge < -0.3 is 30.6 Å². The Labute approximate surface area is 219 Å². The summed E-state index contributed by atoms with van der Waals surface area (Å²) in [6, 6.07) is 9.26. The number of fused-ring (bicyclic) bond motifs is 1. The van der Waals surface area contributed by atoms with Crippen LogP contribution in [0, 0.1) is 11.8 Å². The standard InChI is InChI=1S/C25H34N8O5/c26-21-18-13-30(14-19(18)21)6-4-16-2-1-3-17(12-16)33-7-5-20(29-24(33)37)28-23(36)32-10-8-31(9-11-32)22(35)25(27,38)15-34/h1-3,5,7,12,18-19,21,34,38H,4,6,8-11,13-15,26-27H2,(H,28,29,36,37)/t18-,19+,21?,25-/m1/s1. The number of nitrogens with one attached hydrogen (secondary N) is 1. The van der Waals surface area contributed by atoms with E-state index in [1.807, 2.05) is 24.3 Å². The van der Waals surface area contributed by atoms with Gasteiger partial charge in [0.15, 0.2) is 0 Å². The SMILES string of the molecule is NC1[C@H]2CN(CCc3cccc(-n4ccc(NC(=O)N5CCN(C(=O)[C@](N)(O)CO)CC5)nc4=O)c3)C[C@@H]12. The molecule has 2 aromatic rings. The highest BCUT2D eigenvalue weighted by atomic mass is 16.4. The van der Waals surface area contributed by atoms with Crippen molar-refractivity contribution in [3.63, 3.8) is 0 Å². The Balaban J connectivity index is 1.15. The van der Waals surface area contributed by atoms with Crippen LogP contribution in [0.3, 0.4) is 0 Å². The molecule has 5 rings (SSSR count). The average molecular weight is 527 g/mol. The van der Waals surface area contributed by atoms with Crippen LogP contribution in [0.2, 0.25) is 0 Å². The van der Waals surface area contributed by atoms with E-state index in [-0.39, 0.29) is 32.0 Å². The largest absolute Gasteiger partial charge is 0.391 e. The summed E-state index contributed by atoms with van der Waals surface area (Å²) in [5.74, 6) is 0.631. The van der Waals surface area contributed by atoms with Crippen LogP contribution in [0.4, 0.5) is 10.6 Å². The molecule has 13 nitrogen and oxygen atoms in total. The van der Waals surface area contributed by atoms with Gasteiger partial charge >= 0.3 is 11.7 Å². The molecular weight excluding hydrogens is 492 g/mol. The minimum absolute atomic E-state index is 0.119. The van der Waals surface area contributed by atoms with E-state index in [9.17, 15) is 19.5 Å². The number of hydrogen-bond donors (Lipinski definition) is 5. The molecule has 3 amide bonds. The molecule has 1 aliphatic carbocycles. The summed E-state index contributed by atoms with van der Waals surface area (Å²) in [6.45, 7) is 2.85. The lowest BCUT2D eigenvalue weighted by atomic mass is 10.1. The van der Waals surface area contributed by atoms with Gasteiger partial charge in [0.1, 0.15) is 5.82 Å². The summed E-state index contributed by atoms with van der Waals surface area (Å²) in [5, 5.41) is 21.4.